The van der Waals surface area contributed by atoms with E-state index >= 15 is 0 Å². The number of rotatable bonds is 7. The zero-order chi connectivity index (χ0) is 23.7. The number of carboxylic acids is 2. The monoisotopic (exact) mass is 441 g/mol. The minimum atomic E-state index is -1.44. The Morgan fingerprint density at radius 3 is 2.06 bits per heavy atom. The van der Waals surface area contributed by atoms with E-state index in [9.17, 15) is 34.2 Å². The maximum atomic E-state index is 13.2. The molecule has 2 aliphatic heterocycles. The molecule has 0 aromatic heterocycles. The van der Waals surface area contributed by atoms with Gasteiger partial charge in [0.05, 0.1) is 0 Å². The van der Waals surface area contributed by atoms with Gasteiger partial charge in [0.2, 0.25) is 11.8 Å². The number of ether oxygens (including phenoxy) is 1. The molecule has 2 rings (SSSR count). The van der Waals surface area contributed by atoms with Gasteiger partial charge in [-0.05, 0) is 46.0 Å². The average molecular weight is 441 g/mol. The molecular weight excluding hydrogens is 410 g/mol. The molecule has 0 aromatic rings. The van der Waals surface area contributed by atoms with Gasteiger partial charge in [0.1, 0.15) is 17.7 Å². The van der Waals surface area contributed by atoms with Gasteiger partial charge in [0.15, 0.2) is 12.1 Å². The number of hydrogen-bond acceptors (Lipinski definition) is 6. The summed E-state index contributed by atoms with van der Waals surface area (Å²) in [5.41, 5.74) is -0.751. The molecular formula is C20H31N3O8. The van der Waals surface area contributed by atoms with E-state index in [0.717, 1.165) is 4.90 Å². The second kappa shape index (κ2) is 9.11. The molecule has 0 spiro atoms. The van der Waals surface area contributed by atoms with Crippen LogP contribution in [0.25, 0.3) is 0 Å². The highest BCUT2D eigenvalue weighted by atomic mass is 16.6. The van der Waals surface area contributed by atoms with Gasteiger partial charge in [-0.3, -0.25) is 9.59 Å². The predicted octanol–water partition coefficient (Wildman–Crippen LogP) is 0.665. The van der Waals surface area contributed by atoms with Crippen molar-refractivity contribution in [3.63, 3.8) is 0 Å². The Hall–Kier alpha value is -2.85. The number of aliphatic carboxylic acids is 2. The summed E-state index contributed by atoms with van der Waals surface area (Å²) in [5.74, 6) is -3.93. The van der Waals surface area contributed by atoms with Gasteiger partial charge >= 0.3 is 18.0 Å². The summed E-state index contributed by atoms with van der Waals surface area (Å²) in [7, 11) is 0. The summed E-state index contributed by atoms with van der Waals surface area (Å²) in [4.78, 5) is 63.0. The number of nitrogens with zero attached hydrogens (tertiary/aromatic N) is 2. The van der Waals surface area contributed by atoms with Crippen LogP contribution in [0.4, 0.5) is 4.79 Å². The van der Waals surface area contributed by atoms with E-state index in [1.807, 2.05) is 13.8 Å². The number of carboxylic acid groups (broad SMARTS) is 2. The highest BCUT2D eigenvalue weighted by Crippen LogP contribution is 2.33. The summed E-state index contributed by atoms with van der Waals surface area (Å²) in [6.45, 7) is 9.11. The fraction of sp³-hybridized carbons (Fsp3) is 0.750. The van der Waals surface area contributed by atoms with Crippen molar-refractivity contribution < 1.29 is 38.9 Å². The lowest BCUT2D eigenvalue weighted by Gasteiger charge is -2.30. The molecule has 0 radical (unpaired) electrons. The first kappa shape index (κ1) is 24.4. The van der Waals surface area contributed by atoms with Gasteiger partial charge in [-0.15, -0.1) is 0 Å². The van der Waals surface area contributed by atoms with E-state index in [1.54, 1.807) is 20.8 Å². The first-order valence-corrected chi connectivity index (χ1v) is 10.3. The molecule has 31 heavy (non-hydrogen) atoms. The predicted molar refractivity (Wildman–Crippen MR) is 107 cm³/mol. The van der Waals surface area contributed by atoms with Crippen molar-refractivity contribution in [3.05, 3.63) is 0 Å². The third-order valence-electron chi connectivity index (χ3n) is 5.09. The molecule has 2 aliphatic rings. The molecule has 4 atom stereocenters. The summed E-state index contributed by atoms with van der Waals surface area (Å²) >= 11 is 0. The van der Waals surface area contributed by atoms with Crippen molar-refractivity contribution in [2.75, 3.05) is 6.54 Å². The van der Waals surface area contributed by atoms with E-state index < -0.39 is 59.6 Å². The van der Waals surface area contributed by atoms with Crippen LogP contribution in [0, 0.1) is 5.92 Å². The number of carbonyl (C=O) groups excluding carboxylic acids is 3. The van der Waals surface area contributed by atoms with Crippen LogP contribution in [0.1, 0.15) is 53.9 Å². The maximum Gasteiger partial charge on any atom is 0.408 e. The second-order valence-electron chi connectivity index (χ2n) is 9.33. The Kier molecular flexibility index (Phi) is 7.17. The number of hydrogen-bond donors (Lipinski definition) is 3. The lowest BCUT2D eigenvalue weighted by molar-refractivity contribution is -0.145. The third kappa shape index (κ3) is 5.86. The lowest BCUT2D eigenvalue weighted by atomic mass is 10.0. The van der Waals surface area contributed by atoms with Crippen molar-refractivity contribution in [2.45, 2.75) is 83.6 Å². The minimum Gasteiger partial charge on any atom is -0.480 e. The van der Waals surface area contributed by atoms with E-state index in [1.165, 1.54) is 4.90 Å². The van der Waals surface area contributed by atoms with Gasteiger partial charge < -0.3 is 30.1 Å². The average Bonchev–Trinajstić information content (AvgIpc) is 3.19. The van der Waals surface area contributed by atoms with Crippen LogP contribution in [0.3, 0.4) is 0 Å². The molecule has 3 N–H and O–H groups in total. The van der Waals surface area contributed by atoms with Gasteiger partial charge in [0.25, 0.3) is 0 Å². The maximum absolute atomic E-state index is 13.2. The fourth-order valence-corrected chi connectivity index (χ4v) is 3.82. The molecule has 11 heteroatoms. The standard InChI is InChI=1S/C20H31N3O8/c1-10(2)9-11(21-19(30)31-20(3,4)5)15(24)22-8-6-7-12(22)16(25)23-13(17(26)27)14(23)18(28)29/h10-14H,6-9H2,1-5H3,(H,21,30)(H,26,27)(H,28,29)/t11-,12-,13-,14-/m0/s1. The van der Waals surface area contributed by atoms with Gasteiger partial charge in [-0.2, -0.15) is 0 Å². The molecule has 2 fully saturated rings. The highest BCUT2D eigenvalue weighted by molar-refractivity contribution is 6.02. The molecule has 2 saturated heterocycles. The quantitative estimate of drug-likeness (QED) is 0.487. The first-order valence-electron chi connectivity index (χ1n) is 10.3. The summed E-state index contributed by atoms with van der Waals surface area (Å²) < 4.78 is 5.24. The summed E-state index contributed by atoms with van der Waals surface area (Å²) in [6.07, 6.45) is 0.359. The molecule has 3 amide bonds. The van der Waals surface area contributed by atoms with Crippen LogP contribution in [0.2, 0.25) is 0 Å². The van der Waals surface area contributed by atoms with Crippen LogP contribution in [-0.4, -0.2) is 86.2 Å². The lowest BCUT2D eigenvalue weighted by Crippen LogP contribution is -2.53. The van der Waals surface area contributed by atoms with E-state index in [4.69, 9.17) is 4.74 Å². The Labute approximate surface area is 180 Å². The van der Waals surface area contributed by atoms with Crippen LogP contribution >= 0.6 is 0 Å². The zero-order valence-corrected chi connectivity index (χ0v) is 18.5. The van der Waals surface area contributed by atoms with Crippen molar-refractivity contribution >= 4 is 29.8 Å². The van der Waals surface area contributed by atoms with E-state index in [2.05, 4.69) is 5.32 Å². The van der Waals surface area contributed by atoms with E-state index in [-0.39, 0.29) is 12.5 Å². The Bertz CT molecular complexity index is 740. The molecule has 174 valence electrons. The molecule has 0 bridgehead atoms. The van der Waals surface area contributed by atoms with Gasteiger partial charge in [-0.25, -0.2) is 14.4 Å². The van der Waals surface area contributed by atoms with Gasteiger partial charge in [-0.1, -0.05) is 13.8 Å². The molecule has 11 nitrogen and oxygen atoms in total. The highest BCUT2D eigenvalue weighted by Gasteiger charge is 2.62. The number of carbonyl (C=O) groups is 5. The van der Waals surface area contributed by atoms with Crippen molar-refractivity contribution in [2.24, 2.45) is 5.92 Å². The van der Waals surface area contributed by atoms with Crippen LogP contribution in [-0.2, 0) is 23.9 Å². The summed E-state index contributed by atoms with van der Waals surface area (Å²) in [6, 6.07) is -4.76. The number of alkyl carbamates (subject to hydrolysis) is 1. The van der Waals surface area contributed by atoms with Crippen LogP contribution in [0.5, 0.6) is 0 Å². The normalized spacial score (nSPS) is 24.0. The number of amides is 3. The van der Waals surface area contributed by atoms with Crippen LogP contribution < -0.4 is 5.32 Å². The molecule has 0 aliphatic carbocycles. The SMILES string of the molecule is CC(C)C[C@H](NC(=O)OC(C)(C)C)C(=O)N1CCC[C@H]1C(=O)N1[C@H](C(=O)O)[C@H]1C(=O)O. The fourth-order valence-electron chi connectivity index (χ4n) is 3.82. The largest absolute Gasteiger partial charge is 0.480 e. The first-order chi connectivity index (χ1) is 14.2. The minimum absolute atomic E-state index is 0.0561. The molecule has 0 saturated carbocycles. The molecule has 0 aromatic carbocycles. The third-order valence-corrected chi connectivity index (χ3v) is 5.09. The van der Waals surface area contributed by atoms with Crippen molar-refractivity contribution in [1.29, 1.82) is 0 Å². The summed E-state index contributed by atoms with van der Waals surface area (Å²) in [5, 5.41) is 21.0. The zero-order valence-electron chi connectivity index (χ0n) is 18.5. The second-order valence-corrected chi connectivity index (χ2v) is 9.33. The van der Waals surface area contributed by atoms with E-state index in [0.29, 0.717) is 19.3 Å². The number of likely N-dealkylation sites (tertiary alicyclic amines) is 1. The van der Waals surface area contributed by atoms with Crippen molar-refractivity contribution in [1.82, 2.24) is 15.1 Å². The van der Waals surface area contributed by atoms with Crippen molar-refractivity contribution in [3.8, 4) is 0 Å². The Morgan fingerprint density at radius 2 is 1.61 bits per heavy atom. The Balaban J connectivity index is 2.16. The molecule has 2 heterocycles. The molecule has 0 unspecified atom stereocenters. The van der Waals surface area contributed by atoms with Gasteiger partial charge in [0, 0.05) is 6.54 Å². The van der Waals surface area contributed by atoms with Crippen LogP contribution in [0.15, 0.2) is 0 Å². The Morgan fingerprint density at radius 1 is 1.06 bits per heavy atom. The smallest absolute Gasteiger partial charge is 0.408 e. The topological polar surface area (TPSA) is 153 Å². The number of nitrogens with one attached hydrogen (secondary N) is 1.